The summed E-state index contributed by atoms with van der Waals surface area (Å²) in [4.78, 5) is 54.3. The number of aliphatic imine (C=N–C) groups is 1. The number of anilines is 1. The number of carbonyl (C=O) groups excluding carboxylic acids is 2. The van der Waals surface area contributed by atoms with Crippen LogP contribution in [0.4, 0.5) is 5.69 Å². The quantitative estimate of drug-likeness (QED) is 0.215. The summed E-state index contributed by atoms with van der Waals surface area (Å²) < 4.78 is 7.85. The fraction of sp³-hybridized carbons (Fsp3) is 0.343. The molecule has 1 saturated heterocycles. The molecule has 11 nitrogen and oxygen atoms in total. The fourth-order valence-corrected chi connectivity index (χ4v) is 6.94. The third-order valence-electron chi connectivity index (χ3n) is 8.84. The highest BCUT2D eigenvalue weighted by atomic mass is 35.5. The van der Waals surface area contributed by atoms with Gasteiger partial charge in [-0.3, -0.25) is 19.0 Å². The minimum Gasteiger partial charge on any atom is -0.481 e. The Morgan fingerprint density at radius 1 is 1.08 bits per heavy atom. The summed E-state index contributed by atoms with van der Waals surface area (Å²) in [5, 5.41) is 9.86. The van der Waals surface area contributed by atoms with Crippen LogP contribution in [-0.2, 0) is 23.6 Å². The largest absolute Gasteiger partial charge is 0.481 e. The Labute approximate surface area is 288 Å². The van der Waals surface area contributed by atoms with Crippen molar-refractivity contribution in [2.45, 2.75) is 45.2 Å². The number of nitrogens with one attached hydrogen (secondary N) is 3. The maximum absolute atomic E-state index is 13.1. The van der Waals surface area contributed by atoms with Crippen molar-refractivity contribution < 1.29 is 14.3 Å². The highest BCUT2D eigenvalue weighted by Crippen LogP contribution is 2.41. The van der Waals surface area contributed by atoms with Crippen molar-refractivity contribution in [1.29, 1.82) is 0 Å². The van der Waals surface area contributed by atoms with Gasteiger partial charge in [-0.1, -0.05) is 72.6 Å². The minimum absolute atomic E-state index is 0.0199. The van der Waals surface area contributed by atoms with Crippen LogP contribution in [0.15, 0.2) is 74.9 Å². The van der Waals surface area contributed by atoms with Crippen molar-refractivity contribution in [1.82, 2.24) is 19.8 Å². The van der Waals surface area contributed by atoms with E-state index in [1.54, 1.807) is 37.4 Å². The van der Waals surface area contributed by atoms with Crippen molar-refractivity contribution in [3.63, 3.8) is 0 Å². The highest BCUT2D eigenvalue weighted by Gasteiger charge is 2.35. The summed E-state index contributed by atoms with van der Waals surface area (Å²) in [6.07, 6.45) is 3.41. The van der Waals surface area contributed by atoms with E-state index < -0.39 is 17.2 Å². The van der Waals surface area contributed by atoms with E-state index in [0.717, 1.165) is 33.1 Å². The number of hydrogen-bond acceptors (Lipinski definition) is 7. The molecule has 0 saturated carbocycles. The molecule has 1 aromatic heterocycles. The summed E-state index contributed by atoms with van der Waals surface area (Å²) in [5.41, 5.74) is 2.93. The van der Waals surface area contributed by atoms with Gasteiger partial charge in [-0.25, -0.2) is 9.79 Å². The molecule has 3 atom stereocenters. The SMILES string of the molecule is C=C(/N=C(/OC)C1=C(C)CC(C)C1NCC1CCC(=O)N1)c1cccc(-c2cccc(NC(=O)c3cn(C)c(=O)n(C)c3=O)c2Cl)c1Cl. The third kappa shape index (κ3) is 6.89. The monoisotopic (exact) mass is 692 g/mol. The molecule has 0 radical (unpaired) electrons. The molecule has 2 aromatic carbocycles. The lowest BCUT2D eigenvalue weighted by molar-refractivity contribution is -0.119. The topological polar surface area (TPSA) is 136 Å². The predicted octanol–water partition coefficient (Wildman–Crippen LogP) is 4.92. The number of aromatic nitrogens is 2. The van der Waals surface area contributed by atoms with E-state index in [9.17, 15) is 19.2 Å². The first-order chi connectivity index (χ1) is 22.8. The van der Waals surface area contributed by atoms with E-state index in [0.29, 0.717) is 52.2 Å². The number of rotatable bonds is 9. The number of nitrogens with zero attached hydrogens (tertiary/aromatic N) is 3. The lowest BCUT2D eigenvalue weighted by Gasteiger charge is -2.24. The number of methoxy groups -OCH3 is 1. The molecule has 48 heavy (non-hydrogen) atoms. The van der Waals surface area contributed by atoms with Crippen molar-refractivity contribution >= 4 is 52.3 Å². The molecule has 5 rings (SSSR count). The summed E-state index contributed by atoms with van der Waals surface area (Å²) in [7, 11) is 4.33. The van der Waals surface area contributed by atoms with Crippen LogP contribution in [0.3, 0.4) is 0 Å². The van der Waals surface area contributed by atoms with Gasteiger partial charge in [0.25, 0.3) is 11.5 Å². The van der Waals surface area contributed by atoms with Gasteiger partial charge in [-0.05, 0) is 31.7 Å². The number of halogens is 2. The van der Waals surface area contributed by atoms with Crippen LogP contribution in [0.25, 0.3) is 16.8 Å². The average Bonchev–Trinajstić information content (AvgIpc) is 3.60. The van der Waals surface area contributed by atoms with Gasteiger partial charge in [-0.15, -0.1) is 0 Å². The first kappa shape index (κ1) is 34.9. The molecule has 2 aliphatic rings. The molecule has 3 N–H and O–H groups in total. The number of carbonyl (C=O) groups is 2. The van der Waals surface area contributed by atoms with Crippen molar-refractivity contribution in [3.8, 4) is 11.1 Å². The van der Waals surface area contributed by atoms with Crippen LogP contribution >= 0.6 is 23.2 Å². The van der Waals surface area contributed by atoms with Gasteiger partial charge in [0.05, 0.1) is 28.5 Å². The van der Waals surface area contributed by atoms with Gasteiger partial charge < -0.3 is 25.3 Å². The van der Waals surface area contributed by atoms with Crippen LogP contribution < -0.4 is 27.2 Å². The first-order valence-corrected chi connectivity index (χ1v) is 16.3. The Balaban J connectivity index is 1.41. The second-order valence-corrected chi connectivity index (χ2v) is 13.0. The fourth-order valence-electron chi connectivity index (χ4n) is 6.33. The molecule has 3 aromatic rings. The molecule has 2 heterocycles. The second-order valence-electron chi connectivity index (χ2n) is 12.2. The van der Waals surface area contributed by atoms with E-state index >= 15 is 0 Å². The third-order valence-corrected chi connectivity index (χ3v) is 9.65. The Morgan fingerprint density at radius 3 is 2.44 bits per heavy atom. The average molecular weight is 694 g/mol. The number of amides is 2. The van der Waals surface area contributed by atoms with E-state index in [4.69, 9.17) is 32.9 Å². The molecule has 1 aliphatic carbocycles. The van der Waals surface area contributed by atoms with Crippen LogP contribution in [0, 0.1) is 5.92 Å². The molecule has 1 fully saturated rings. The number of hydrogen-bond donors (Lipinski definition) is 3. The van der Waals surface area contributed by atoms with Gasteiger partial charge in [0.15, 0.2) is 0 Å². The molecule has 13 heteroatoms. The molecular formula is C35H38Cl2N6O5. The van der Waals surface area contributed by atoms with E-state index in [-0.39, 0.29) is 34.3 Å². The Kier molecular flexibility index (Phi) is 10.4. The maximum atomic E-state index is 13.1. The lowest BCUT2D eigenvalue weighted by Crippen LogP contribution is -2.43. The zero-order valence-corrected chi connectivity index (χ0v) is 29.0. The summed E-state index contributed by atoms with van der Waals surface area (Å²) in [5.74, 6) is 0.0911. The van der Waals surface area contributed by atoms with Crippen molar-refractivity contribution in [2.75, 3.05) is 19.0 Å². The Hall–Kier alpha value is -4.45. The van der Waals surface area contributed by atoms with Crippen LogP contribution in [0.5, 0.6) is 0 Å². The number of benzene rings is 2. The zero-order valence-electron chi connectivity index (χ0n) is 27.4. The summed E-state index contributed by atoms with van der Waals surface area (Å²) in [6, 6.07) is 10.5. The van der Waals surface area contributed by atoms with Gasteiger partial charge >= 0.3 is 5.69 Å². The molecule has 252 valence electrons. The number of ether oxygens (including phenoxy) is 1. The van der Waals surface area contributed by atoms with Crippen molar-refractivity contribution in [2.24, 2.45) is 25.0 Å². The normalized spacial score (nSPS) is 19.4. The number of aryl methyl sites for hydroxylation is 1. The zero-order chi connectivity index (χ0) is 34.9. The first-order valence-electron chi connectivity index (χ1n) is 15.5. The predicted molar refractivity (Wildman–Crippen MR) is 190 cm³/mol. The van der Waals surface area contributed by atoms with Crippen LogP contribution in [0.1, 0.15) is 49.0 Å². The van der Waals surface area contributed by atoms with Gasteiger partial charge in [-0.2, -0.15) is 0 Å². The summed E-state index contributed by atoms with van der Waals surface area (Å²) >= 11 is 13.8. The molecule has 0 bridgehead atoms. The highest BCUT2D eigenvalue weighted by molar-refractivity contribution is 6.39. The molecule has 2 amide bonds. The molecular weight excluding hydrogens is 655 g/mol. The van der Waals surface area contributed by atoms with Crippen molar-refractivity contribution in [3.05, 3.63) is 102 Å². The minimum atomic E-state index is -0.726. The smallest absolute Gasteiger partial charge is 0.330 e. The van der Waals surface area contributed by atoms with Gasteiger partial charge in [0, 0.05) is 67.6 Å². The van der Waals surface area contributed by atoms with E-state index in [2.05, 4.69) is 36.4 Å². The van der Waals surface area contributed by atoms with E-state index in [1.165, 1.54) is 20.3 Å². The second kappa shape index (κ2) is 14.3. The standard InChI is InChI=1S/C35H38Cl2N6O5/c1-18-15-19(2)31(38-16-21-13-14-27(44)40-21)28(18)33(48-6)39-20(3)22-9-7-10-23(29(22)36)24-11-8-12-26(30(24)37)41-32(45)25-17-42(4)35(47)43(5)34(25)46/h7-12,17,19,21,31,38H,3,13-16H2,1-2,4-6H3,(H,40,44)(H,41,45)/b39-33+. The molecule has 3 unspecified atom stereocenters. The lowest BCUT2D eigenvalue weighted by atomic mass is 9.99. The van der Waals surface area contributed by atoms with Gasteiger partial charge in [0.1, 0.15) is 5.56 Å². The maximum Gasteiger partial charge on any atom is 0.330 e. The Morgan fingerprint density at radius 2 is 1.77 bits per heavy atom. The number of allylic oxidation sites excluding steroid dienone is 1. The van der Waals surface area contributed by atoms with Gasteiger partial charge in [0.2, 0.25) is 11.8 Å². The summed E-state index contributed by atoms with van der Waals surface area (Å²) in [6.45, 7) is 9.11. The molecule has 1 aliphatic heterocycles. The Bertz CT molecular complexity index is 2000. The van der Waals surface area contributed by atoms with Crippen LogP contribution in [-0.4, -0.2) is 52.6 Å². The van der Waals surface area contributed by atoms with E-state index in [1.807, 2.05) is 6.07 Å². The van der Waals surface area contributed by atoms with Crippen LogP contribution in [0.2, 0.25) is 10.0 Å². The molecule has 0 spiro atoms.